The van der Waals surface area contributed by atoms with Crippen LogP contribution in [0.4, 0.5) is 5.69 Å². The van der Waals surface area contributed by atoms with Crippen molar-refractivity contribution < 1.29 is 18.7 Å². The number of carbonyl (C=O) groups is 1. The van der Waals surface area contributed by atoms with Crippen LogP contribution in [-0.4, -0.2) is 29.8 Å². The van der Waals surface area contributed by atoms with E-state index in [1.807, 2.05) is 43.3 Å². The molecular formula is C20H21N3O4. The Bertz CT molecular complexity index is 890. The van der Waals surface area contributed by atoms with Crippen molar-refractivity contribution in [2.45, 2.75) is 19.8 Å². The lowest BCUT2D eigenvalue weighted by atomic mass is 10.2. The normalized spacial score (nSPS) is 10.4. The number of rotatable bonds is 8. The van der Waals surface area contributed by atoms with E-state index in [4.69, 9.17) is 13.9 Å². The molecule has 0 atom stereocenters. The predicted octanol–water partition coefficient (Wildman–Crippen LogP) is 3.72. The summed E-state index contributed by atoms with van der Waals surface area (Å²) in [5.74, 6) is 2.06. The highest BCUT2D eigenvalue weighted by Crippen LogP contribution is 2.28. The number of hydrogen-bond acceptors (Lipinski definition) is 6. The number of nitrogens with zero attached hydrogens (tertiary/aromatic N) is 2. The number of aryl methyl sites for hydroxylation is 1. The maximum Gasteiger partial charge on any atom is 0.251 e. The molecule has 0 aliphatic rings. The summed E-state index contributed by atoms with van der Waals surface area (Å²) in [6, 6.07) is 14.6. The number of amides is 1. The van der Waals surface area contributed by atoms with Gasteiger partial charge in [-0.15, -0.1) is 10.2 Å². The van der Waals surface area contributed by atoms with Gasteiger partial charge in [0.25, 0.3) is 5.89 Å². The standard InChI is InChI=1S/C20H21N3O4/c1-3-26-15-10-8-14(9-11-15)21-18(24)12-13-19-22-23-20(27-19)16-6-4-5-7-17(16)25-2/h4-11H,3,12-13H2,1-2H3,(H,21,24). The second-order valence-electron chi connectivity index (χ2n) is 5.71. The van der Waals surface area contributed by atoms with Crippen LogP contribution in [0.5, 0.6) is 11.5 Å². The van der Waals surface area contributed by atoms with Gasteiger partial charge in [-0.1, -0.05) is 12.1 Å². The van der Waals surface area contributed by atoms with E-state index in [9.17, 15) is 4.79 Å². The molecule has 0 saturated carbocycles. The second kappa shape index (κ2) is 8.84. The highest BCUT2D eigenvalue weighted by molar-refractivity contribution is 5.90. The van der Waals surface area contributed by atoms with Crippen LogP contribution in [0.15, 0.2) is 52.9 Å². The summed E-state index contributed by atoms with van der Waals surface area (Å²) in [4.78, 5) is 12.1. The molecule has 27 heavy (non-hydrogen) atoms. The zero-order chi connectivity index (χ0) is 19.1. The molecule has 7 nitrogen and oxygen atoms in total. The van der Waals surface area contributed by atoms with Gasteiger partial charge in [0.2, 0.25) is 11.8 Å². The Morgan fingerprint density at radius 1 is 1.11 bits per heavy atom. The van der Waals surface area contributed by atoms with Gasteiger partial charge in [-0.3, -0.25) is 4.79 Å². The summed E-state index contributed by atoms with van der Waals surface area (Å²) in [5.41, 5.74) is 1.43. The molecule has 140 valence electrons. The maximum absolute atomic E-state index is 12.1. The van der Waals surface area contributed by atoms with Crippen LogP contribution in [0.2, 0.25) is 0 Å². The average Bonchev–Trinajstić information content (AvgIpc) is 3.17. The summed E-state index contributed by atoms with van der Waals surface area (Å²) in [6.45, 7) is 2.53. The number of carbonyl (C=O) groups excluding carboxylic acids is 1. The minimum absolute atomic E-state index is 0.129. The SMILES string of the molecule is CCOc1ccc(NC(=O)CCc2nnc(-c3ccccc3OC)o2)cc1. The fourth-order valence-corrected chi connectivity index (χ4v) is 2.53. The van der Waals surface area contributed by atoms with Gasteiger partial charge in [-0.2, -0.15) is 0 Å². The first-order chi connectivity index (χ1) is 13.2. The van der Waals surface area contributed by atoms with Gasteiger partial charge in [0.1, 0.15) is 11.5 Å². The summed E-state index contributed by atoms with van der Waals surface area (Å²) in [6.07, 6.45) is 0.589. The number of methoxy groups -OCH3 is 1. The first-order valence-corrected chi connectivity index (χ1v) is 8.68. The first-order valence-electron chi connectivity index (χ1n) is 8.68. The molecule has 1 heterocycles. The van der Waals surface area contributed by atoms with Crippen molar-refractivity contribution in [3.63, 3.8) is 0 Å². The lowest BCUT2D eigenvalue weighted by molar-refractivity contribution is -0.116. The molecule has 0 fully saturated rings. The number of para-hydroxylation sites is 1. The molecule has 0 bridgehead atoms. The lowest BCUT2D eigenvalue weighted by Gasteiger charge is -2.06. The van der Waals surface area contributed by atoms with Crippen LogP contribution in [0.1, 0.15) is 19.2 Å². The van der Waals surface area contributed by atoms with E-state index in [2.05, 4.69) is 15.5 Å². The highest BCUT2D eigenvalue weighted by atomic mass is 16.5. The van der Waals surface area contributed by atoms with E-state index >= 15 is 0 Å². The third-order valence-electron chi connectivity index (χ3n) is 3.82. The Kier molecular flexibility index (Phi) is 6.04. The van der Waals surface area contributed by atoms with E-state index in [-0.39, 0.29) is 12.3 Å². The van der Waals surface area contributed by atoms with Crippen LogP contribution in [0, 0.1) is 0 Å². The van der Waals surface area contributed by atoms with Crippen LogP contribution in [-0.2, 0) is 11.2 Å². The Balaban J connectivity index is 1.56. The molecule has 0 aliphatic heterocycles. The van der Waals surface area contributed by atoms with Crippen LogP contribution in [0.25, 0.3) is 11.5 Å². The van der Waals surface area contributed by atoms with E-state index in [1.165, 1.54) is 0 Å². The molecule has 0 saturated heterocycles. The van der Waals surface area contributed by atoms with Gasteiger partial charge in [0.15, 0.2) is 0 Å². The number of ether oxygens (including phenoxy) is 2. The van der Waals surface area contributed by atoms with Gasteiger partial charge in [-0.25, -0.2) is 0 Å². The first kappa shape index (κ1) is 18.4. The van der Waals surface area contributed by atoms with Gasteiger partial charge in [0, 0.05) is 18.5 Å². The molecule has 1 N–H and O–H groups in total. The summed E-state index contributed by atoms with van der Waals surface area (Å²) in [7, 11) is 1.58. The fraction of sp³-hybridized carbons (Fsp3) is 0.250. The highest BCUT2D eigenvalue weighted by Gasteiger charge is 2.14. The van der Waals surface area contributed by atoms with Crippen molar-refractivity contribution in [1.29, 1.82) is 0 Å². The number of anilines is 1. The fourth-order valence-electron chi connectivity index (χ4n) is 2.53. The van der Waals surface area contributed by atoms with Crippen LogP contribution < -0.4 is 14.8 Å². The third-order valence-corrected chi connectivity index (χ3v) is 3.82. The van der Waals surface area contributed by atoms with Crippen molar-refractivity contribution in [3.05, 3.63) is 54.4 Å². The van der Waals surface area contributed by atoms with Crippen molar-refractivity contribution in [2.75, 3.05) is 19.0 Å². The number of aromatic nitrogens is 2. The van der Waals surface area contributed by atoms with E-state index < -0.39 is 0 Å². The van der Waals surface area contributed by atoms with Gasteiger partial charge in [-0.05, 0) is 43.3 Å². The van der Waals surface area contributed by atoms with Gasteiger partial charge < -0.3 is 19.2 Å². The smallest absolute Gasteiger partial charge is 0.251 e. The van der Waals surface area contributed by atoms with Gasteiger partial charge >= 0.3 is 0 Å². The lowest BCUT2D eigenvalue weighted by Crippen LogP contribution is -2.12. The molecular weight excluding hydrogens is 346 g/mol. The number of nitrogens with one attached hydrogen (secondary N) is 1. The second-order valence-corrected chi connectivity index (χ2v) is 5.71. The van der Waals surface area contributed by atoms with Crippen molar-refractivity contribution in [2.24, 2.45) is 0 Å². The molecule has 0 unspecified atom stereocenters. The molecule has 0 radical (unpaired) electrons. The number of hydrogen-bond donors (Lipinski definition) is 1. The van der Waals surface area contributed by atoms with E-state index in [0.717, 1.165) is 11.3 Å². The van der Waals surface area contributed by atoms with Crippen molar-refractivity contribution in [1.82, 2.24) is 10.2 Å². The quantitative estimate of drug-likeness (QED) is 0.653. The Morgan fingerprint density at radius 3 is 2.63 bits per heavy atom. The molecule has 3 aromatic rings. The van der Waals surface area contributed by atoms with Crippen molar-refractivity contribution in [3.8, 4) is 23.0 Å². The van der Waals surface area contributed by atoms with Crippen LogP contribution in [0.3, 0.4) is 0 Å². The topological polar surface area (TPSA) is 86.5 Å². The largest absolute Gasteiger partial charge is 0.496 e. The van der Waals surface area contributed by atoms with Crippen LogP contribution >= 0.6 is 0 Å². The molecule has 3 rings (SSSR count). The summed E-state index contributed by atoms with van der Waals surface area (Å²) < 4.78 is 16.3. The summed E-state index contributed by atoms with van der Waals surface area (Å²) in [5, 5.41) is 10.9. The molecule has 2 aromatic carbocycles. The Hall–Kier alpha value is -3.35. The zero-order valence-electron chi connectivity index (χ0n) is 15.3. The molecule has 1 aromatic heterocycles. The minimum Gasteiger partial charge on any atom is -0.496 e. The Labute approximate surface area is 157 Å². The van der Waals surface area contributed by atoms with E-state index in [0.29, 0.717) is 36.2 Å². The average molecular weight is 367 g/mol. The molecule has 0 spiro atoms. The Morgan fingerprint density at radius 2 is 1.89 bits per heavy atom. The van der Waals surface area contributed by atoms with E-state index in [1.54, 1.807) is 19.2 Å². The summed E-state index contributed by atoms with van der Waals surface area (Å²) >= 11 is 0. The number of benzene rings is 2. The predicted molar refractivity (Wildman–Crippen MR) is 101 cm³/mol. The zero-order valence-corrected chi connectivity index (χ0v) is 15.3. The van der Waals surface area contributed by atoms with Crippen molar-refractivity contribution >= 4 is 11.6 Å². The molecule has 0 aliphatic carbocycles. The third kappa shape index (κ3) is 4.84. The minimum atomic E-state index is -0.129. The molecule has 7 heteroatoms. The maximum atomic E-state index is 12.1. The monoisotopic (exact) mass is 367 g/mol. The molecule has 1 amide bonds. The van der Waals surface area contributed by atoms with Gasteiger partial charge in [0.05, 0.1) is 19.3 Å².